The molecule has 0 heterocycles. The van der Waals surface area contributed by atoms with Gasteiger partial charge in [-0.05, 0) is 18.1 Å². The third-order valence-corrected chi connectivity index (χ3v) is 3.08. The van der Waals surface area contributed by atoms with Crippen LogP contribution in [0.3, 0.4) is 0 Å². The molecule has 1 N–H and O–H groups in total. The molecule has 0 spiro atoms. The maximum Gasteiger partial charge on any atom is 0.125 e. The van der Waals surface area contributed by atoms with E-state index in [9.17, 15) is 5.11 Å². The van der Waals surface area contributed by atoms with Crippen LogP contribution in [0.2, 0.25) is 0 Å². The first-order chi connectivity index (χ1) is 9.31. The quantitative estimate of drug-likeness (QED) is 0.843. The average molecular weight is 256 g/mol. The maximum absolute atomic E-state index is 10.1. The molecular formula is C17H20O2. The molecule has 0 saturated carbocycles. The lowest BCUT2D eigenvalue weighted by molar-refractivity contribution is 0.159. The Morgan fingerprint density at radius 2 is 1.68 bits per heavy atom. The number of rotatable bonds is 6. The van der Waals surface area contributed by atoms with Crippen molar-refractivity contribution in [3.8, 4) is 5.75 Å². The molecule has 0 bridgehead atoms. The van der Waals surface area contributed by atoms with Gasteiger partial charge in [0, 0.05) is 5.56 Å². The highest BCUT2D eigenvalue weighted by atomic mass is 16.5. The molecule has 0 aliphatic carbocycles. The average Bonchev–Trinajstić information content (AvgIpc) is 2.47. The summed E-state index contributed by atoms with van der Waals surface area (Å²) < 4.78 is 5.83. The molecule has 0 radical (unpaired) electrons. The predicted molar refractivity (Wildman–Crippen MR) is 77.1 cm³/mol. The van der Waals surface area contributed by atoms with Gasteiger partial charge in [-0.2, -0.15) is 0 Å². The van der Waals surface area contributed by atoms with Crippen LogP contribution >= 0.6 is 0 Å². The van der Waals surface area contributed by atoms with E-state index in [1.165, 1.54) is 0 Å². The fourth-order valence-corrected chi connectivity index (χ4v) is 2.05. The van der Waals surface area contributed by atoms with Crippen LogP contribution in [0.25, 0.3) is 0 Å². The van der Waals surface area contributed by atoms with Crippen LogP contribution in [0, 0.1) is 0 Å². The first kappa shape index (κ1) is 13.6. The van der Waals surface area contributed by atoms with Crippen LogP contribution in [0.1, 0.15) is 37.0 Å². The van der Waals surface area contributed by atoms with Crippen molar-refractivity contribution in [2.24, 2.45) is 0 Å². The fourth-order valence-electron chi connectivity index (χ4n) is 2.05. The highest BCUT2D eigenvalue weighted by Gasteiger charge is 2.12. The van der Waals surface area contributed by atoms with E-state index < -0.39 is 6.10 Å². The lowest BCUT2D eigenvalue weighted by Gasteiger charge is -2.15. The van der Waals surface area contributed by atoms with Crippen LogP contribution in [0.5, 0.6) is 5.75 Å². The molecule has 0 aliphatic rings. The van der Waals surface area contributed by atoms with Crippen LogP contribution in [0.4, 0.5) is 0 Å². The Morgan fingerprint density at radius 1 is 1.00 bits per heavy atom. The van der Waals surface area contributed by atoms with Gasteiger partial charge in [-0.1, -0.05) is 61.9 Å². The standard InChI is InChI=1S/C17H20O2/c1-2-8-16(18)15-11-6-7-12-17(15)19-13-14-9-4-3-5-10-14/h3-7,9-12,16,18H,2,8,13H2,1H3/t16-/m1/s1. The van der Waals surface area contributed by atoms with E-state index in [1.54, 1.807) is 0 Å². The monoisotopic (exact) mass is 256 g/mol. The third kappa shape index (κ3) is 3.83. The second kappa shape index (κ2) is 6.95. The summed E-state index contributed by atoms with van der Waals surface area (Å²) in [7, 11) is 0. The van der Waals surface area contributed by atoms with Gasteiger partial charge in [0.2, 0.25) is 0 Å². The lowest BCUT2D eigenvalue weighted by atomic mass is 10.0. The van der Waals surface area contributed by atoms with Crippen molar-refractivity contribution in [1.82, 2.24) is 0 Å². The molecule has 1 atom stereocenters. The Labute approximate surface area is 114 Å². The zero-order valence-electron chi connectivity index (χ0n) is 11.3. The minimum atomic E-state index is -0.447. The summed E-state index contributed by atoms with van der Waals surface area (Å²) in [6, 6.07) is 17.8. The van der Waals surface area contributed by atoms with Crippen molar-refractivity contribution in [3.05, 3.63) is 65.7 Å². The van der Waals surface area contributed by atoms with Crippen LogP contribution in [-0.2, 0) is 6.61 Å². The highest BCUT2D eigenvalue weighted by molar-refractivity contribution is 5.35. The van der Waals surface area contributed by atoms with Gasteiger partial charge < -0.3 is 9.84 Å². The SMILES string of the molecule is CCC[C@@H](O)c1ccccc1OCc1ccccc1. The summed E-state index contributed by atoms with van der Waals surface area (Å²) in [5.41, 5.74) is 2.00. The van der Waals surface area contributed by atoms with Gasteiger partial charge >= 0.3 is 0 Å². The minimum Gasteiger partial charge on any atom is -0.489 e. The topological polar surface area (TPSA) is 29.5 Å². The molecule has 0 unspecified atom stereocenters. The Hall–Kier alpha value is -1.80. The summed E-state index contributed by atoms with van der Waals surface area (Å²) in [5.74, 6) is 0.771. The molecule has 100 valence electrons. The zero-order chi connectivity index (χ0) is 13.5. The number of hydrogen-bond acceptors (Lipinski definition) is 2. The van der Waals surface area contributed by atoms with E-state index in [0.29, 0.717) is 6.61 Å². The van der Waals surface area contributed by atoms with Crippen LogP contribution < -0.4 is 4.74 Å². The second-order valence-corrected chi connectivity index (χ2v) is 4.62. The van der Waals surface area contributed by atoms with Gasteiger partial charge in [-0.15, -0.1) is 0 Å². The number of ether oxygens (including phenoxy) is 1. The van der Waals surface area contributed by atoms with Gasteiger partial charge in [0.25, 0.3) is 0 Å². The van der Waals surface area contributed by atoms with Crippen molar-refractivity contribution >= 4 is 0 Å². The molecule has 2 aromatic rings. The van der Waals surface area contributed by atoms with Gasteiger partial charge in [0.1, 0.15) is 12.4 Å². The molecule has 0 fully saturated rings. The Bertz CT molecular complexity index is 494. The number of aliphatic hydroxyl groups excluding tert-OH is 1. The zero-order valence-corrected chi connectivity index (χ0v) is 11.3. The first-order valence-electron chi connectivity index (χ1n) is 6.75. The summed E-state index contributed by atoms with van der Waals surface area (Å²) in [4.78, 5) is 0. The van der Waals surface area contributed by atoms with Crippen molar-refractivity contribution in [2.75, 3.05) is 0 Å². The van der Waals surface area contributed by atoms with Gasteiger partial charge in [0.15, 0.2) is 0 Å². The predicted octanol–water partition coefficient (Wildman–Crippen LogP) is 4.10. The van der Waals surface area contributed by atoms with E-state index in [2.05, 4.69) is 6.92 Å². The molecule has 2 nitrogen and oxygen atoms in total. The van der Waals surface area contributed by atoms with Gasteiger partial charge in [-0.25, -0.2) is 0 Å². The number of aliphatic hydroxyl groups is 1. The van der Waals surface area contributed by atoms with Crippen LogP contribution in [-0.4, -0.2) is 5.11 Å². The van der Waals surface area contributed by atoms with Crippen molar-refractivity contribution in [3.63, 3.8) is 0 Å². The number of hydrogen-bond donors (Lipinski definition) is 1. The van der Waals surface area contributed by atoms with E-state index >= 15 is 0 Å². The summed E-state index contributed by atoms with van der Waals surface area (Å²) in [6.07, 6.45) is 1.26. The smallest absolute Gasteiger partial charge is 0.125 e. The minimum absolute atomic E-state index is 0.447. The third-order valence-electron chi connectivity index (χ3n) is 3.08. The molecule has 2 rings (SSSR count). The van der Waals surface area contributed by atoms with Crippen molar-refractivity contribution < 1.29 is 9.84 Å². The Kier molecular flexibility index (Phi) is 4.99. The Balaban J connectivity index is 2.07. The van der Waals surface area contributed by atoms with E-state index in [0.717, 1.165) is 29.7 Å². The fraction of sp³-hybridized carbons (Fsp3) is 0.294. The van der Waals surface area contributed by atoms with Crippen LogP contribution in [0.15, 0.2) is 54.6 Å². The van der Waals surface area contributed by atoms with Crippen molar-refractivity contribution in [1.29, 1.82) is 0 Å². The van der Waals surface area contributed by atoms with E-state index in [-0.39, 0.29) is 0 Å². The molecular weight excluding hydrogens is 236 g/mol. The van der Waals surface area contributed by atoms with Crippen molar-refractivity contribution in [2.45, 2.75) is 32.5 Å². The molecule has 0 saturated heterocycles. The maximum atomic E-state index is 10.1. The normalized spacial score (nSPS) is 12.1. The van der Waals surface area contributed by atoms with E-state index in [1.807, 2.05) is 54.6 Å². The molecule has 0 aliphatic heterocycles. The molecule has 2 aromatic carbocycles. The first-order valence-corrected chi connectivity index (χ1v) is 6.75. The molecule has 19 heavy (non-hydrogen) atoms. The van der Waals surface area contributed by atoms with Gasteiger partial charge in [0.05, 0.1) is 6.10 Å². The van der Waals surface area contributed by atoms with Gasteiger partial charge in [-0.3, -0.25) is 0 Å². The summed E-state index contributed by atoms with van der Waals surface area (Å²) >= 11 is 0. The second-order valence-electron chi connectivity index (χ2n) is 4.62. The number of para-hydroxylation sites is 1. The highest BCUT2D eigenvalue weighted by Crippen LogP contribution is 2.28. The molecule has 2 heteroatoms. The lowest BCUT2D eigenvalue weighted by Crippen LogP contribution is -2.02. The molecule has 0 aromatic heterocycles. The van der Waals surface area contributed by atoms with E-state index in [4.69, 9.17) is 4.74 Å². The largest absolute Gasteiger partial charge is 0.489 e. The number of benzene rings is 2. The summed E-state index contributed by atoms with van der Waals surface area (Å²) in [6.45, 7) is 2.59. The molecule has 0 amide bonds. The summed E-state index contributed by atoms with van der Waals surface area (Å²) in [5, 5.41) is 10.1. The Morgan fingerprint density at radius 3 is 2.42 bits per heavy atom.